The number of Topliss-reactive ketones (excluding diaryl/α,β-unsaturated/α-hetero) is 3. The number of nitrogens with zero attached hydrogens (tertiary/aromatic N) is 3. The van der Waals surface area contributed by atoms with E-state index in [0.717, 1.165) is 16.7 Å². The van der Waals surface area contributed by atoms with E-state index in [0.29, 0.717) is 96.3 Å². The molecule has 37 nitrogen and oxygen atoms in total. The van der Waals surface area contributed by atoms with Crippen molar-refractivity contribution in [2.75, 3.05) is 59.3 Å². The predicted octanol–water partition coefficient (Wildman–Crippen LogP) is 7.98. The zero-order chi connectivity index (χ0) is 97.0. The number of unbranched alkanes of at least 4 members (excludes halogenated alkanes) is 4. The molecule has 0 saturated heterocycles. The zero-order valence-corrected chi connectivity index (χ0v) is 77.8. The highest BCUT2D eigenvalue weighted by atomic mass is 35.5. The van der Waals surface area contributed by atoms with Gasteiger partial charge in [0.2, 0.25) is 35.1 Å². The van der Waals surface area contributed by atoms with Gasteiger partial charge in [0.15, 0.2) is 42.8 Å². The molecule has 0 radical (unpaired) electrons. The second-order valence-electron chi connectivity index (χ2n) is 38.8. The molecular weight excluding hydrogens is 1780 g/mol. The number of allylic oxidation sites excluding steroid dienone is 12. The van der Waals surface area contributed by atoms with Crippen LogP contribution in [0.3, 0.4) is 0 Å². The van der Waals surface area contributed by atoms with E-state index in [9.17, 15) is 118 Å². The molecule has 0 aliphatic heterocycles. The van der Waals surface area contributed by atoms with Crippen LogP contribution in [-0.2, 0) is 95.8 Å². The maximum Gasteiger partial charge on any atom is 0.325 e. The first-order chi connectivity index (χ1) is 61.3. The summed E-state index contributed by atoms with van der Waals surface area (Å²) in [4.78, 5) is 203. The summed E-state index contributed by atoms with van der Waals surface area (Å²) in [5, 5.41) is 94.1. The lowest BCUT2D eigenvalue weighted by Crippen LogP contribution is -2.69. The first-order valence-corrected chi connectivity index (χ1v) is 46.2. The lowest BCUT2D eigenvalue weighted by molar-refractivity contribution is -0.757. The third-order valence-corrected chi connectivity index (χ3v) is 34.8. The van der Waals surface area contributed by atoms with Gasteiger partial charge in [-0.1, -0.05) is 117 Å². The molecule has 12 aliphatic carbocycles. The van der Waals surface area contributed by atoms with Crippen LogP contribution in [0.1, 0.15) is 217 Å². The molecule has 12 rings (SSSR count). The first kappa shape index (κ1) is 104. The van der Waals surface area contributed by atoms with Gasteiger partial charge in [-0.2, -0.15) is 0 Å². The quantitative estimate of drug-likeness (QED) is 0.00735. The molecule has 3 amide bonds. The number of fused-ring (bicyclic) bond motifs is 15. The van der Waals surface area contributed by atoms with Gasteiger partial charge < -0.3 is 74.9 Å². The molecule has 0 aromatic rings. The Morgan fingerprint density at radius 3 is 1.05 bits per heavy atom. The molecule has 9 fully saturated rings. The predicted molar refractivity (Wildman–Crippen MR) is 464 cm³/mol. The number of ether oxygens (including phenoxy) is 4. The van der Waals surface area contributed by atoms with Crippen LogP contribution in [0.4, 0.5) is 0 Å². The number of amides is 3. The fraction of sp³-hybridized carbons (Fsp3) is 0.725. The molecule has 0 bridgehead atoms. The molecule has 0 aromatic heterocycles. The number of hydrogen-bond donors (Lipinski definition) is 8. The molecular formula is C91H123Cl3N6O31. The minimum absolute atomic E-state index is 0.00748. The maximum atomic E-state index is 14.2. The number of alkyl halides is 3. The normalized spacial score (nSPS) is 37.4. The number of rotatable bonds is 36. The van der Waals surface area contributed by atoms with E-state index < -0.39 is 214 Å². The largest absolute Gasteiger partial charge is 0.456 e. The number of halogens is 3. The summed E-state index contributed by atoms with van der Waals surface area (Å²) in [7, 11) is 0. The molecule has 131 heavy (non-hydrogen) atoms. The van der Waals surface area contributed by atoms with E-state index in [4.69, 9.17) is 53.8 Å². The van der Waals surface area contributed by atoms with Gasteiger partial charge in [-0.3, -0.25) is 62.3 Å². The smallest absolute Gasteiger partial charge is 0.325 e. The molecule has 0 heterocycles. The Labute approximate surface area is 773 Å². The molecule has 0 aromatic carbocycles. The summed E-state index contributed by atoms with van der Waals surface area (Å²) in [6, 6.07) is 0. The summed E-state index contributed by atoms with van der Waals surface area (Å²) >= 11 is 22.3. The standard InChI is InChI=1S/C33H45ClN2O11.C30H41ClN2O10.C28H37ClN2O10/c1-5-28(41)47-33(26(39)19-45-29(42)18-35-27(40)9-7-6-8-14-46-36(43)44)20(2)15-24-23-11-10-21-16-22(37)12-13-30(21,3)32(23,34)25(38)17-31(24,33)4;1-18-13-22-21-9-8-19-14-20(34)10-11-27(19,2)29(21,31)23(35)15-28(22,3)30(18,39)24(36)17-42-26(38)16-32-25(37)7-5-4-6-12-43-33(40)41;1-16-11-20-19-7-6-17-12-18(32)8-9-25(17,2)27(19,29)21(33)13-26(20,3)28(16,37)22(34)15-40-24(36)14-30-23(35)5-4-10-41-31(38)39/h12-13,16,20,23-25,38H,5-11,14-15,17-19H2,1-4H3,(H,35,40);10-11,14,18,21-23,35,39H,4-9,12-13,15-17H2,1-3H3,(H,32,37);8-9,12,16,19-21,33,37H,4-7,10-11,13-15H2,1-3H3,(H,30,35)/t20-,23-,24-,25-,30-,31-,32-,33-;18-,21-,22-,23-,27-,28-,29-,30-;16-,19-,20-,21-,25-,26-,27-,28-/m000/s1. The monoisotopic (exact) mass is 1900 g/mol. The number of nitrogens with one attached hydrogen (secondary N) is 3. The Bertz CT molecular complexity index is 4710. The Morgan fingerprint density at radius 2 is 0.725 bits per heavy atom. The van der Waals surface area contributed by atoms with Gasteiger partial charge >= 0.3 is 23.9 Å². The van der Waals surface area contributed by atoms with Crippen molar-refractivity contribution in [2.24, 2.45) is 85.8 Å². The van der Waals surface area contributed by atoms with Gasteiger partial charge in [0, 0.05) is 64.1 Å². The number of carbonyl (C=O) groups excluding carboxylic acids is 13. The van der Waals surface area contributed by atoms with Crippen molar-refractivity contribution in [1.29, 1.82) is 0 Å². The minimum Gasteiger partial charge on any atom is -0.456 e. The van der Waals surface area contributed by atoms with Crippen molar-refractivity contribution < 1.29 is 137 Å². The first-order valence-electron chi connectivity index (χ1n) is 45.1. The second-order valence-corrected chi connectivity index (χ2v) is 40.7. The van der Waals surface area contributed by atoms with Crippen molar-refractivity contribution in [2.45, 2.75) is 267 Å². The van der Waals surface area contributed by atoms with Crippen LogP contribution < -0.4 is 16.0 Å². The highest BCUT2D eigenvalue weighted by molar-refractivity contribution is 6.27. The van der Waals surface area contributed by atoms with Gasteiger partial charge in [-0.25, -0.2) is 0 Å². The van der Waals surface area contributed by atoms with Crippen LogP contribution in [0.25, 0.3) is 0 Å². The van der Waals surface area contributed by atoms with Crippen molar-refractivity contribution in [3.63, 3.8) is 0 Å². The Kier molecular flexibility index (Phi) is 32.3. The molecule has 12 aliphatic rings. The highest BCUT2D eigenvalue weighted by Gasteiger charge is 2.79. The van der Waals surface area contributed by atoms with Gasteiger partial charge in [-0.15, -0.1) is 65.1 Å². The summed E-state index contributed by atoms with van der Waals surface area (Å²) in [6.45, 7) is 14.3. The number of ketones is 6. The average molecular weight is 1900 g/mol. The van der Waals surface area contributed by atoms with Gasteiger partial charge in [-0.05, 0) is 193 Å². The minimum atomic E-state index is -1.90. The van der Waals surface area contributed by atoms with E-state index in [1.807, 2.05) is 34.6 Å². The van der Waals surface area contributed by atoms with Crippen LogP contribution in [0, 0.1) is 116 Å². The van der Waals surface area contributed by atoms with Gasteiger partial charge in [0.1, 0.15) is 30.8 Å². The third kappa shape index (κ3) is 19.2. The Morgan fingerprint density at radius 1 is 0.427 bits per heavy atom. The van der Waals surface area contributed by atoms with Crippen LogP contribution in [-0.4, -0.2) is 226 Å². The fourth-order valence-electron chi connectivity index (χ4n) is 25.4. The highest BCUT2D eigenvalue weighted by Crippen LogP contribution is 2.76. The zero-order valence-electron chi connectivity index (χ0n) is 75.6. The fourth-order valence-corrected chi connectivity index (χ4v) is 27.0. The summed E-state index contributed by atoms with van der Waals surface area (Å²) in [5.41, 5.74) is -8.31. The topological polar surface area (TPSA) is 553 Å². The maximum absolute atomic E-state index is 14.2. The second kappa shape index (κ2) is 40.7. The third-order valence-electron chi connectivity index (χ3n) is 32.1. The molecule has 24 atom stereocenters. The summed E-state index contributed by atoms with van der Waals surface area (Å²) < 4.78 is 21.6. The number of aliphatic hydroxyl groups excluding tert-OH is 3. The van der Waals surface area contributed by atoms with E-state index in [1.54, 1.807) is 71.1 Å². The van der Waals surface area contributed by atoms with E-state index in [2.05, 4.69) is 30.5 Å². The molecule has 40 heteroatoms. The number of aliphatic hydroxyl groups is 5. The summed E-state index contributed by atoms with van der Waals surface area (Å²) in [6.07, 6.45) is 19.4. The van der Waals surface area contributed by atoms with Crippen LogP contribution in [0.2, 0.25) is 0 Å². The van der Waals surface area contributed by atoms with Crippen molar-refractivity contribution >= 4 is 111 Å². The number of carbonyl (C=O) groups is 13. The molecule has 0 spiro atoms. The van der Waals surface area contributed by atoms with Crippen LogP contribution in [0.15, 0.2) is 71.4 Å². The number of hydrogen-bond acceptors (Lipinski definition) is 31. The van der Waals surface area contributed by atoms with E-state index >= 15 is 0 Å². The number of esters is 4. The lowest BCUT2D eigenvalue weighted by atomic mass is 9.45. The van der Waals surface area contributed by atoms with Crippen molar-refractivity contribution in [3.8, 4) is 0 Å². The van der Waals surface area contributed by atoms with Crippen LogP contribution >= 0.6 is 34.8 Å². The van der Waals surface area contributed by atoms with E-state index in [-0.39, 0.29) is 124 Å². The molecule has 0 unspecified atom stereocenters. The van der Waals surface area contributed by atoms with Gasteiger partial charge in [0.05, 0.1) is 52.8 Å². The van der Waals surface area contributed by atoms with Crippen molar-refractivity contribution in [3.05, 3.63) is 102 Å². The lowest BCUT2D eigenvalue weighted by Gasteiger charge is -2.64. The van der Waals surface area contributed by atoms with Gasteiger partial charge in [0.25, 0.3) is 15.3 Å². The Hall–Kier alpha value is -8.98. The van der Waals surface area contributed by atoms with E-state index in [1.165, 1.54) is 18.2 Å². The molecule has 8 N–H and O–H groups in total. The molecule has 724 valence electrons. The molecule has 9 saturated carbocycles. The SMILES string of the molecule is CCC(=O)O[C@]1(C(=O)COC(=O)CNC(=O)CCCCCO[N+](=O)[O-])[C@@H](C)C[C@H]2[C@@H]3CCC4=CC(=O)C=C[C@]4(C)[C@@]3(Cl)[C@@H](O)C[C@@]21C.C[C@H]1C[C@H]2[C@@H]3CCC4=CC(=O)C=C[C@]4(C)[C@@]3(Cl)[C@@H](O)C[C@]2(C)[C@@]1(O)C(=O)COC(=O)CNC(=O)CCCCCO[N+](=O)[O-].C[C@H]1C[C@H]2[C@@H]3CCC4=CC(=O)C=C[C@]4(C)[C@@]3(Cl)[C@@H](O)C[C@]2(C)[C@@]1(O)C(=O)COC(=O)CNC(=O)CCCO[N+](=O)[O-]. The Balaban J connectivity index is 0.000000205. The van der Waals surface area contributed by atoms with Crippen LogP contribution in [0.5, 0.6) is 0 Å². The summed E-state index contributed by atoms with van der Waals surface area (Å²) in [5.74, 6) is -9.78. The average Bonchev–Trinajstić information content (AvgIpc) is 1.57. The van der Waals surface area contributed by atoms with Crippen molar-refractivity contribution in [1.82, 2.24) is 16.0 Å².